The van der Waals surface area contributed by atoms with Gasteiger partial charge in [0.15, 0.2) is 5.78 Å². The Balaban J connectivity index is 1.98. The molecule has 0 bridgehead atoms. The molecule has 1 aliphatic rings. The predicted molar refractivity (Wildman–Crippen MR) is 88.8 cm³/mol. The molecule has 0 aromatic heterocycles. The van der Waals surface area contributed by atoms with Gasteiger partial charge in [-0.05, 0) is 48.2 Å². The lowest BCUT2D eigenvalue weighted by Crippen LogP contribution is -2.30. The number of ether oxygens (including phenoxy) is 1. The lowest BCUT2D eigenvalue weighted by atomic mass is 9.82. The number of hydrogen-bond acceptors (Lipinski definition) is 3. The van der Waals surface area contributed by atoms with E-state index < -0.39 is 11.9 Å². The molecule has 2 aromatic rings. The summed E-state index contributed by atoms with van der Waals surface area (Å²) in [4.78, 5) is 25.2. The molecule has 0 amide bonds. The van der Waals surface area contributed by atoms with Gasteiger partial charge in [-0.1, -0.05) is 35.9 Å². The minimum Gasteiger partial charge on any atom is -0.468 e. The number of fused-ring (bicyclic) bond motifs is 1. The first-order valence-electron chi connectivity index (χ1n) is 7.57. The first-order valence-corrected chi connectivity index (χ1v) is 7.95. The number of ketones is 1. The van der Waals surface area contributed by atoms with Crippen molar-refractivity contribution in [3.63, 3.8) is 0 Å². The van der Waals surface area contributed by atoms with E-state index in [-0.39, 0.29) is 11.7 Å². The zero-order chi connectivity index (χ0) is 16.4. The van der Waals surface area contributed by atoms with E-state index in [1.807, 2.05) is 18.2 Å². The minimum atomic E-state index is -0.815. The van der Waals surface area contributed by atoms with Crippen molar-refractivity contribution in [1.29, 1.82) is 0 Å². The van der Waals surface area contributed by atoms with Crippen LogP contribution in [0.4, 0.5) is 0 Å². The van der Waals surface area contributed by atoms with Crippen molar-refractivity contribution in [2.45, 2.75) is 18.8 Å². The van der Waals surface area contributed by atoms with Crippen LogP contribution in [0.1, 0.15) is 33.8 Å². The summed E-state index contributed by atoms with van der Waals surface area (Å²) in [6.07, 6.45) is 1.65. The average Bonchev–Trinajstić information content (AvgIpc) is 2.99. The molecule has 0 saturated heterocycles. The Bertz CT molecular complexity index is 737. The highest BCUT2D eigenvalue weighted by Gasteiger charge is 2.40. The second kappa shape index (κ2) is 6.55. The van der Waals surface area contributed by atoms with E-state index in [9.17, 15) is 9.59 Å². The second-order valence-corrected chi connectivity index (χ2v) is 6.15. The van der Waals surface area contributed by atoms with Gasteiger partial charge < -0.3 is 4.74 Å². The fourth-order valence-electron chi connectivity index (χ4n) is 3.31. The van der Waals surface area contributed by atoms with E-state index in [1.165, 1.54) is 12.7 Å². The second-order valence-electron chi connectivity index (χ2n) is 5.72. The predicted octanol–water partition coefficient (Wildman–Crippen LogP) is 4.04. The summed E-state index contributed by atoms with van der Waals surface area (Å²) in [6.45, 7) is 0. The Kier molecular flexibility index (Phi) is 4.49. The number of halogens is 1. The van der Waals surface area contributed by atoms with Gasteiger partial charge in [-0.3, -0.25) is 9.59 Å². The molecule has 23 heavy (non-hydrogen) atoms. The lowest BCUT2D eigenvalue weighted by Gasteiger charge is -2.21. The number of benzene rings is 2. The number of methoxy groups -OCH3 is 1. The van der Waals surface area contributed by atoms with E-state index in [0.29, 0.717) is 10.6 Å². The summed E-state index contributed by atoms with van der Waals surface area (Å²) in [6, 6.07) is 14.6. The molecule has 0 aliphatic heterocycles. The quantitative estimate of drug-likeness (QED) is 0.483. The molecular weight excluding hydrogens is 312 g/mol. The van der Waals surface area contributed by atoms with E-state index in [2.05, 4.69) is 6.07 Å². The molecule has 3 rings (SSSR count). The highest BCUT2D eigenvalue weighted by atomic mass is 35.5. The number of carbonyl (C=O) groups is 2. The Morgan fingerprint density at radius 3 is 2.52 bits per heavy atom. The summed E-state index contributed by atoms with van der Waals surface area (Å²) >= 11 is 5.88. The standard InChI is InChI=1S/C19H17ClO3/c1-23-19(22)17(18(21)13-6-9-14(20)10-7-13)16-11-8-12-4-2-3-5-15(12)16/h2-7,9-10,16-17H,8,11H2,1H3. The Morgan fingerprint density at radius 2 is 1.83 bits per heavy atom. The Labute approximate surface area is 140 Å². The fourth-order valence-corrected chi connectivity index (χ4v) is 3.44. The van der Waals surface area contributed by atoms with Crippen molar-refractivity contribution in [2.24, 2.45) is 5.92 Å². The molecule has 0 radical (unpaired) electrons. The third-order valence-electron chi connectivity index (χ3n) is 4.45. The third-order valence-corrected chi connectivity index (χ3v) is 4.70. The number of rotatable bonds is 4. The summed E-state index contributed by atoms with van der Waals surface area (Å²) in [5.41, 5.74) is 2.76. The summed E-state index contributed by atoms with van der Waals surface area (Å²) < 4.78 is 4.92. The van der Waals surface area contributed by atoms with Crippen molar-refractivity contribution in [2.75, 3.05) is 7.11 Å². The number of carbonyl (C=O) groups excluding carboxylic acids is 2. The topological polar surface area (TPSA) is 43.4 Å². The zero-order valence-corrected chi connectivity index (χ0v) is 13.5. The van der Waals surface area contributed by atoms with Gasteiger partial charge in [-0.15, -0.1) is 0 Å². The van der Waals surface area contributed by atoms with Crippen molar-refractivity contribution in [1.82, 2.24) is 0 Å². The summed E-state index contributed by atoms with van der Waals surface area (Å²) in [7, 11) is 1.32. The van der Waals surface area contributed by atoms with E-state index >= 15 is 0 Å². The summed E-state index contributed by atoms with van der Waals surface area (Å²) in [5, 5.41) is 0.558. The van der Waals surface area contributed by atoms with Gasteiger partial charge in [0.1, 0.15) is 5.92 Å². The third kappa shape index (κ3) is 3.02. The molecule has 3 nitrogen and oxygen atoms in total. The van der Waals surface area contributed by atoms with Gasteiger partial charge in [0.05, 0.1) is 7.11 Å². The van der Waals surface area contributed by atoms with Crippen LogP contribution in [0.25, 0.3) is 0 Å². The van der Waals surface area contributed by atoms with E-state index in [4.69, 9.17) is 16.3 Å². The maximum absolute atomic E-state index is 12.9. The zero-order valence-electron chi connectivity index (χ0n) is 12.8. The molecule has 0 saturated carbocycles. The van der Waals surface area contributed by atoms with Crippen LogP contribution in [0.3, 0.4) is 0 Å². The Morgan fingerprint density at radius 1 is 1.13 bits per heavy atom. The number of esters is 1. The molecule has 1 aliphatic carbocycles. The molecule has 0 N–H and O–H groups in total. The van der Waals surface area contributed by atoms with Gasteiger partial charge >= 0.3 is 5.97 Å². The highest BCUT2D eigenvalue weighted by Crippen LogP contribution is 2.40. The highest BCUT2D eigenvalue weighted by molar-refractivity contribution is 6.30. The average molecular weight is 329 g/mol. The normalized spacial score (nSPS) is 17.4. The first kappa shape index (κ1) is 15.8. The fraction of sp³-hybridized carbons (Fsp3) is 0.263. The molecule has 0 heterocycles. The van der Waals surface area contributed by atoms with Crippen LogP contribution in [0.2, 0.25) is 5.02 Å². The minimum absolute atomic E-state index is 0.137. The molecule has 0 spiro atoms. The Hall–Kier alpha value is -2.13. The monoisotopic (exact) mass is 328 g/mol. The van der Waals surface area contributed by atoms with Crippen molar-refractivity contribution < 1.29 is 14.3 Å². The molecule has 0 fully saturated rings. The summed E-state index contributed by atoms with van der Waals surface area (Å²) in [5.74, 6) is -1.64. The molecule has 2 atom stereocenters. The smallest absolute Gasteiger partial charge is 0.317 e. The van der Waals surface area contributed by atoms with E-state index in [0.717, 1.165) is 18.4 Å². The van der Waals surface area contributed by atoms with Crippen LogP contribution in [0, 0.1) is 5.92 Å². The van der Waals surface area contributed by atoms with Gasteiger partial charge in [-0.25, -0.2) is 0 Å². The van der Waals surface area contributed by atoms with Gasteiger partial charge in [0, 0.05) is 16.5 Å². The molecular formula is C19H17ClO3. The van der Waals surface area contributed by atoms with Gasteiger partial charge in [-0.2, -0.15) is 0 Å². The van der Waals surface area contributed by atoms with Crippen molar-refractivity contribution in [3.05, 3.63) is 70.2 Å². The largest absolute Gasteiger partial charge is 0.468 e. The van der Waals surface area contributed by atoms with Crippen LogP contribution >= 0.6 is 11.6 Å². The number of hydrogen-bond donors (Lipinski definition) is 0. The van der Waals surface area contributed by atoms with Crippen LogP contribution in [-0.4, -0.2) is 18.9 Å². The van der Waals surface area contributed by atoms with Gasteiger partial charge in [0.25, 0.3) is 0 Å². The van der Waals surface area contributed by atoms with Gasteiger partial charge in [0.2, 0.25) is 0 Å². The van der Waals surface area contributed by atoms with E-state index in [1.54, 1.807) is 24.3 Å². The maximum atomic E-state index is 12.9. The van der Waals surface area contributed by atoms with Crippen LogP contribution in [0.15, 0.2) is 48.5 Å². The molecule has 4 heteroatoms. The molecule has 2 aromatic carbocycles. The maximum Gasteiger partial charge on any atom is 0.317 e. The van der Waals surface area contributed by atoms with Crippen LogP contribution in [-0.2, 0) is 16.0 Å². The number of Topliss-reactive ketones (excluding diaryl/α,β-unsaturated/α-hetero) is 1. The van der Waals surface area contributed by atoms with Crippen molar-refractivity contribution in [3.8, 4) is 0 Å². The SMILES string of the molecule is COC(=O)C(C(=O)c1ccc(Cl)cc1)C1CCc2ccccc21. The first-order chi connectivity index (χ1) is 11.1. The molecule has 2 unspecified atom stereocenters. The van der Waals surface area contributed by atoms with Crippen LogP contribution < -0.4 is 0 Å². The van der Waals surface area contributed by atoms with Crippen LogP contribution in [0.5, 0.6) is 0 Å². The lowest BCUT2D eigenvalue weighted by molar-refractivity contribution is -0.144. The molecule has 118 valence electrons. The van der Waals surface area contributed by atoms with Crippen molar-refractivity contribution >= 4 is 23.4 Å². The number of aryl methyl sites for hydroxylation is 1.